The number of aromatic amines is 1. The molecule has 0 bridgehead atoms. The minimum atomic E-state index is -1.06. The normalized spacial score (nSPS) is 14.8. The topological polar surface area (TPSA) is 125 Å². The second-order valence-electron chi connectivity index (χ2n) is 6.95. The third-order valence-electron chi connectivity index (χ3n) is 4.81. The van der Waals surface area contributed by atoms with Crippen molar-refractivity contribution in [2.24, 2.45) is 0 Å². The summed E-state index contributed by atoms with van der Waals surface area (Å²) in [6.07, 6.45) is -0.215. The fourth-order valence-corrected chi connectivity index (χ4v) is 3.62. The van der Waals surface area contributed by atoms with Gasteiger partial charge in [0.2, 0.25) is 17.8 Å². The molecule has 1 atom stereocenters. The number of methoxy groups -OCH3 is 1. The molecule has 4 rings (SSSR count). The van der Waals surface area contributed by atoms with E-state index < -0.39 is 23.3 Å². The highest BCUT2D eigenvalue weighted by Crippen LogP contribution is 2.32. The lowest BCUT2D eigenvalue weighted by Gasteiger charge is -2.24. The van der Waals surface area contributed by atoms with Gasteiger partial charge in [-0.1, -0.05) is 23.2 Å². The van der Waals surface area contributed by atoms with Gasteiger partial charge in [-0.3, -0.25) is 19.4 Å². The monoisotopic (exact) mass is 473 g/mol. The molecular formula is C21H17Cl2N5O4. The number of amides is 2. The summed E-state index contributed by atoms with van der Waals surface area (Å²) in [7, 11) is 1.56. The van der Waals surface area contributed by atoms with E-state index in [2.05, 4.69) is 25.9 Å². The van der Waals surface area contributed by atoms with Gasteiger partial charge in [-0.15, -0.1) is 0 Å². The number of hydrogen-bond donors (Lipinski definition) is 4. The minimum Gasteiger partial charge on any atom is -0.497 e. The van der Waals surface area contributed by atoms with Crippen molar-refractivity contribution in [1.82, 2.24) is 9.97 Å². The SMILES string of the molecule is COc1ccc(Nc2nc3c(c(=O)[nH]2)C(C(=O)Nc2cc(Cl)ccc2Cl)CC(=O)N3)cc1. The van der Waals surface area contributed by atoms with Gasteiger partial charge >= 0.3 is 0 Å². The number of rotatable bonds is 5. The number of nitrogens with one attached hydrogen (secondary N) is 4. The van der Waals surface area contributed by atoms with Crippen LogP contribution in [0.5, 0.6) is 5.75 Å². The Morgan fingerprint density at radius 3 is 2.62 bits per heavy atom. The Hall–Kier alpha value is -3.56. The van der Waals surface area contributed by atoms with Crippen LogP contribution < -0.4 is 26.2 Å². The summed E-state index contributed by atoms with van der Waals surface area (Å²) in [5.41, 5.74) is 0.420. The number of carbonyl (C=O) groups excluding carboxylic acids is 2. The van der Waals surface area contributed by atoms with Crippen molar-refractivity contribution in [3.05, 3.63) is 68.4 Å². The standard InChI is InChI=1S/C21H17Cl2N5O4/c1-32-12-5-3-11(4-6-12)24-21-27-18-17(20(31)28-21)13(9-16(29)26-18)19(30)25-15-8-10(22)2-7-14(15)23/h2-8,13H,9H2,1H3,(H,25,30)(H3,24,26,27,28,29,31). The molecular weight excluding hydrogens is 457 g/mol. The van der Waals surface area contributed by atoms with E-state index in [1.54, 1.807) is 37.4 Å². The molecule has 2 heterocycles. The Kier molecular flexibility index (Phi) is 6.02. The van der Waals surface area contributed by atoms with Gasteiger partial charge in [0.1, 0.15) is 11.6 Å². The number of fused-ring (bicyclic) bond motifs is 1. The number of anilines is 4. The van der Waals surface area contributed by atoms with Crippen molar-refractivity contribution < 1.29 is 14.3 Å². The van der Waals surface area contributed by atoms with Gasteiger partial charge in [0.25, 0.3) is 5.56 Å². The van der Waals surface area contributed by atoms with Gasteiger partial charge in [0, 0.05) is 17.1 Å². The molecule has 0 aliphatic carbocycles. The Balaban J connectivity index is 1.63. The summed E-state index contributed by atoms with van der Waals surface area (Å²) >= 11 is 12.1. The van der Waals surface area contributed by atoms with E-state index >= 15 is 0 Å². The van der Waals surface area contributed by atoms with E-state index in [9.17, 15) is 14.4 Å². The molecule has 1 aromatic heterocycles. The van der Waals surface area contributed by atoms with E-state index in [0.29, 0.717) is 16.5 Å². The summed E-state index contributed by atoms with van der Waals surface area (Å²) in [6, 6.07) is 11.5. The molecule has 1 aliphatic heterocycles. The Bertz CT molecular complexity index is 1260. The summed E-state index contributed by atoms with van der Waals surface area (Å²) in [4.78, 5) is 44.9. The molecule has 32 heavy (non-hydrogen) atoms. The van der Waals surface area contributed by atoms with E-state index in [-0.39, 0.29) is 34.5 Å². The van der Waals surface area contributed by atoms with Crippen molar-refractivity contribution in [2.45, 2.75) is 12.3 Å². The molecule has 2 aromatic carbocycles. The van der Waals surface area contributed by atoms with Gasteiger partial charge in [-0.2, -0.15) is 4.98 Å². The van der Waals surface area contributed by atoms with E-state index in [4.69, 9.17) is 27.9 Å². The first-order valence-electron chi connectivity index (χ1n) is 9.45. The Labute approximate surface area is 192 Å². The maximum Gasteiger partial charge on any atom is 0.258 e. The van der Waals surface area contributed by atoms with Crippen molar-refractivity contribution in [3.8, 4) is 5.75 Å². The number of nitrogens with zero attached hydrogens (tertiary/aromatic N) is 1. The molecule has 0 fully saturated rings. The number of H-pyrrole nitrogens is 1. The second-order valence-corrected chi connectivity index (χ2v) is 7.79. The molecule has 164 valence electrons. The summed E-state index contributed by atoms with van der Waals surface area (Å²) < 4.78 is 5.11. The van der Waals surface area contributed by atoms with Crippen LogP contribution in [0, 0.1) is 0 Å². The molecule has 4 N–H and O–H groups in total. The van der Waals surface area contributed by atoms with Crippen LogP contribution in [0.15, 0.2) is 47.3 Å². The van der Waals surface area contributed by atoms with Crippen molar-refractivity contribution in [3.63, 3.8) is 0 Å². The van der Waals surface area contributed by atoms with Crippen LogP contribution in [0.1, 0.15) is 17.9 Å². The van der Waals surface area contributed by atoms with Gasteiger partial charge < -0.3 is 20.7 Å². The zero-order valence-electron chi connectivity index (χ0n) is 16.7. The fourth-order valence-electron chi connectivity index (χ4n) is 3.28. The number of carbonyl (C=O) groups is 2. The van der Waals surface area contributed by atoms with Gasteiger partial charge in [0.15, 0.2) is 0 Å². The number of aromatic nitrogens is 2. The molecule has 0 saturated carbocycles. The van der Waals surface area contributed by atoms with E-state index in [0.717, 1.165) is 0 Å². The number of halogens is 2. The summed E-state index contributed by atoms with van der Waals surface area (Å²) in [6.45, 7) is 0. The van der Waals surface area contributed by atoms with Crippen LogP contribution in [0.3, 0.4) is 0 Å². The summed E-state index contributed by atoms with van der Waals surface area (Å²) in [5.74, 6) is -1.28. The molecule has 3 aromatic rings. The highest BCUT2D eigenvalue weighted by atomic mass is 35.5. The molecule has 0 radical (unpaired) electrons. The molecule has 1 unspecified atom stereocenters. The number of hydrogen-bond acceptors (Lipinski definition) is 6. The van der Waals surface area contributed by atoms with Gasteiger partial charge in [0.05, 0.1) is 29.3 Å². The largest absolute Gasteiger partial charge is 0.497 e. The highest BCUT2D eigenvalue weighted by Gasteiger charge is 2.35. The highest BCUT2D eigenvalue weighted by molar-refractivity contribution is 6.35. The lowest BCUT2D eigenvalue weighted by atomic mass is 9.92. The van der Waals surface area contributed by atoms with Crippen LogP contribution in [0.25, 0.3) is 0 Å². The molecule has 2 amide bonds. The smallest absolute Gasteiger partial charge is 0.258 e. The molecule has 9 nitrogen and oxygen atoms in total. The first-order chi connectivity index (χ1) is 15.3. The van der Waals surface area contributed by atoms with Crippen LogP contribution in [-0.2, 0) is 9.59 Å². The zero-order chi connectivity index (χ0) is 22.8. The van der Waals surface area contributed by atoms with Crippen molar-refractivity contribution in [2.75, 3.05) is 23.1 Å². The molecule has 1 aliphatic rings. The van der Waals surface area contributed by atoms with Crippen molar-refractivity contribution in [1.29, 1.82) is 0 Å². The number of ether oxygens (including phenoxy) is 1. The van der Waals surface area contributed by atoms with Gasteiger partial charge in [-0.25, -0.2) is 0 Å². The molecule has 11 heteroatoms. The average Bonchev–Trinajstić information content (AvgIpc) is 2.76. The predicted octanol–water partition coefficient (Wildman–Crippen LogP) is 3.89. The summed E-state index contributed by atoms with van der Waals surface area (Å²) in [5, 5.41) is 8.79. The van der Waals surface area contributed by atoms with Crippen molar-refractivity contribution >= 4 is 58.2 Å². The van der Waals surface area contributed by atoms with Crippen LogP contribution in [-0.4, -0.2) is 28.9 Å². The Morgan fingerprint density at radius 2 is 1.91 bits per heavy atom. The maximum atomic E-state index is 12.9. The van der Waals surface area contributed by atoms with Gasteiger partial charge in [-0.05, 0) is 42.5 Å². The quantitative estimate of drug-likeness (QED) is 0.445. The van der Waals surface area contributed by atoms with E-state index in [1.165, 1.54) is 12.1 Å². The lowest BCUT2D eigenvalue weighted by molar-refractivity contribution is -0.123. The number of benzene rings is 2. The maximum absolute atomic E-state index is 12.9. The first-order valence-corrected chi connectivity index (χ1v) is 10.2. The molecule has 0 saturated heterocycles. The fraction of sp³-hybridized carbons (Fsp3) is 0.143. The van der Waals surface area contributed by atoms with E-state index in [1.807, 2.05) is 0 Å². The third kappa shape index (κ3) is 4.53. The predicted molar refractivity (Wildman–Crippen MR) is 122 cm³/mol. The minimum absolute atomic E-state index is 0.0124. The van der Waals surface area contributed by atoms with Crippen LogP contribution in [0.2, 0.25) is 10.0 Å². The lowest BCUT2D eigenvalue weighted by Crippen LogP contribution is -2.36. The first kappa shape index (κ1) is 21.7. The zero-order valence-corrected chi connectivity index (χ0v) is 18.2. The molecule has 0 spiro atoms. The third-order valence-corrected chi connectivity index (χ3v) is 5.37. The van der Waals surface area contributed by atoms with Crippen LogP contribution >= 0.6 is 23.2 Å². The second kappa shape index (κ2) is 8.89. The van der Waals surface area contributed by atoms with Crippen LogP contribution in [0.4, 0.5) is 23.1 Å². The average molecular weight is 474 g/mol. The Morgan fingerprint density at radius 1 is 1.16 bits per heavy atom.